The summed E-state index contributed by atoms with van der Waals surface area (Å²) in [6, 6.07) is 15.8. The summed E-state index contributed by atoms with van der Waals surface area (Å²) < 4.78 is 33.3. The Morgan fingerprint density at radius 2 is 2.00 bits per heavy atom. The lowest BCUT2D eigenvalue weighted by Gasteiger charge is -2.24. The van der Waals surface area contributed by atoms with Crippen molar-refractivity contribution in [2.24, 2.45) is 0 Å². The summed E-state index contributed by atoms with van der Waals surface area (Å²) >= 11 is 0. The predicted molar refractivity (Wildman–Crippen MR) is 92.9 cm³/mol. The van der Waals surface area contributed by atoms with Gasteiger partial charge in [-0.15, -0.1) is 0 Å². The number of sulfonamides is 1. The molecule has 1 atom stereocenters. The van der Waals surface area contributed by atoms with E-state index in [0.717, 1.165) is 23.1 Å². The summed E-state index contributed by atoms with van der Waals surface area (Å²) in [4.78, 5) is 0. The minimum absolute atomic E-state index is 0.0480. The van der Waals surface area contributed by atoms with E-state index < -0.39 is 15.6 Å². The predicted octanol–water partition coefficient (Wildman–Crippen LogP) is 2.96. The SMILES string of the molecule is Cc1cccc(CS(=O)(=O)N2CCC3(C2)OCc2ccccc23)c1. The van der Waals surface area contributed by atoms with Crippen LogP contribution < -0.4 is 0 Å². The molecule has 0 amide bonds. The molecule has 0 saturated carbocycles. The molecule has 126 valence electrons. The molecule has 2 aromatic rings. The molecule has 4 nitrogen and oxygen atoms in total. The van der Waals surface area contributed by atoms with Crippen LogP contribution in [-0.2, 0) is 32.7 Å². The molecule has 1 spiro atoms. The van der Waals surface area contributed by atoms with Crippen LogP contribution in [0.15, 0.2) is 48.5 Å². The van der Waals surface area contributed by atoms with E-state index in [1.165, 1.54) is 5.56 Å². The highest BCUT2D eigenvalue weighted by Gasteiger charge is 2.48. The van der Waals surface area contributed by atoms with Crippen LogP contribution in [0.3, 0.4) is 0 Å². The molecule has 2 aliphatic rings. The van der Waals surface area contributed by atoms with Gasteiger partial charge in [0.25, 0.3) is 0 Å². The van der Waals surface area contributed by atoms with Gasteiger partial charge in [0.2, 0.25) is 10.0 Å². The van der Waals surface area contributed by atoms with Crippen LogP contribution in [0.2, 0.25) is 0 Å². The molecule has 2 aliphatic heterocycles. The van der Waals surface area contributed by atoms with Crippen LogP contribution in [0.1, 0.15) is 28.7 Å². The average molecular weight is 343 g/mol. The molecule has 5 heteroatoms. The molecule has 1 unspecified atom stereocenters. The zero-order valence-corrected chi connectivity index (χ0v) is 14.6. The fraction of sp³-hybridized carbons (Fsp3) is 0.368. The fourth-order valence-electron chi connectivity index (χ4n) is 3.81. The van der Waals surface area contributed by atoms with Gasteiger partial charge in [0.05, 0.1) is 12.4 Å². The minimum atomic E-state index is -3.34. The first-order chi connectivity index (χ1) is 11.5. The maximum atomic E-state index is 12.8. The second kappa shape index (κ2) is 5.69. The standard InChI is InChI=1S/C19H21NO3S/c1-15-5-4-6-16(11-15)13-24(21,22)20-10-9-19(14-20)18-8-3-2-7-17(18)12-23-19/h2-8,11H,9-10,12-14H2,1H3. The number of ether oxygens (including phenoxy) is 1. The van der Waals surface area contributed by atoms with Gasteiger partial charge < -0.3 is 4.74 Å². The van der Waals surface area contributed by atoms with Crippen molar-refractivity contribution < 1.29 is 13.2 Å². The Morgan fingerprint density at radius 3 is 2.83 bits per heavy atom. The third-order valence-electron chi connectivity index (χ3n) is 5.03. The molecule has 2 aromatic carbocycles. The van der Waals surface area contributed by atoms with Crippen molar-refractivity contribution >= 4 is 10.0 Å². The van der Waals surface area contributed by atoms with Crippen molar-refractivity contribution in [2.75, 3.05) is 13.1 Å². The Kier molecular flexibility index (Phi) is 3.75. The number of hydrogen-bond acceptors (Lipinski definition) is 3. The topological polar surface area (TPSA) is 46.6 Å². The van der Waals surface area contributed by atoms with E-state index in [0.29, 0.717) is 19.7 Å². The Balaban J connectivity index is 1.57. The summed E-state index contributed by atoms with van der Waals surface area (Å²) in [7, 11) is -3.34. The maximum Gasteiger partial charge on any atom is 0.218 e. The van der Waals surface area contributed by atoms with Crippen molar-refractivity contribution in [1.82, 2.24) is 4.31 Å². The Hall–Kier alpha value is -1.69. The molecular formula is C19H21NO3S. The summed E-state index contributed by atoms with van der Waals surface area (Å²) in [5.74, 6) is 0.0480. The summed E-state index contributed by atoms with van der Waals surface area (Å²) in [5, 5.41) is 0. The molecule has 0 radical (unpaired) electrons. The molecule has 24 heavy (non-hydrogen) atoms. The van der Waals surface area contributed by atoms with Crippen molar-refractivity contribution in [3.63, 3.8) is 0 Å². The number of aryl methyl sites for hydroxylation is 1. The molecule has 4 rings (SSSR count). The van der Waals surface area contributed by atoms with E-state index in [-0.39, 0.29) is 5.75 Å². The average Bonchev–Trinajstić information content (AvgIpc) is 3.14. The van der Waals surface area contributed by atoms with Crippen molar-refractivity contribution in [1.29, 1.82) is 0 Å². The maximum absolute atomic E-state index is 12.8. The van der Waals surface area contributed by atoms with Gasteiger partial charge in [-0.25, -0.2) is 8.42 Å². The molecule has 0 N–H and O–H groups in total. The highest BCUT2D eigenvalue weighted by Crippen LogP contribution is 2.44. The molecular weight excluding hydrogens is 322 g/mol. The van der Waals surface area contributed by atoms with E-state index in [1.54, 1.807) is 4.31 Å². The third-order valence-corrected chi connectivity index (χ3v) is 6.83. The van der Waals surface area contributed by atoms with Gasteiger partial charge in [-0.1, -0.05) is 54.1 Å². The largest absolute Gasteiger partial charge is 0.364 e. The minimum Gasteiger partial charge on any atom is -0.364 e. The van der Waals surface area contributed by atoms with E-state index in [1.807, 2.05) is 43.3 Å². The van der Waals surface area contributed by atoms with Crippen LogP contribution in [-0.4, -0.2) is 25.8 Å². The first-order valence-corrected chi connectivity index (χ1v) is 9.85. The van der Waals surface area contributed by atoms with Crippen LogP contribution in [0.5, 0.6) is 0 Å². The third kappa shape index (κ3) is 2.66. The Labute approximate surface area is 143 Å². The molecule has 1 fully saturated rings. The molecule has 0 bridgehead atoms. The quantitative estimate of drug-likeness (QED) is 0.861. The summed E-state index contributed by atoms with van der Waals surface area (Å²) in [5.41, 5.74) is 3.78. The monoisotopic (exact) mass is 343 g/mol. The normalized spacial score (nSPS) is 23.7. The smallest absolute Gasteiger partial charge is 0.218 e. The van der Waals surface area contributed by atoms with Crippen LogP contribution >= 0.6 is 0 Å². The van der Waals surface area contributed by atoms with Gasteiger partial charge >= 0.3 is 0 Å². The van der Waals surface area contributed by atoms with E-state index in [9.17, 15) is 8.42 Å². The van der Waals surface area contributed by atoms with E-state index >= 15 is 0 Å². The van der Waals surface area contributed by atoms with Crippen LogP contribution in [0, 0.1) is 6.92 Å². The first kappa shape index (κ1) is 15.8. The van der Waals surface area contributed by atoms with Gasteiger partial charge in [-0.3, -0.25) is 0 Å². The van der Waals surface area contributed by atoms with Gasteiger partial charge in [0.1, 0.15) is 5.60 Å². The van der Waals surface area contributed by atoms with Gasteiger partial charge in [0, 0.05) is 13.1 Å². The lowest BCUT2D eigenvalue weighted by molar-refractivity contribution is -0.0255. The summed E-state index contributed by atoms with van der Waals surface area (Å²) in [6.07, 6.45) is 0.719. The number of hydrogen-bond donors (Lipinski definition) is 0. The van der Waals surface area contributed by atoms with Crippen LogP contribution in [0.25, 0.3) is 0 Å². The first-order valence-electron chi connectivity index (χ1n) is 8.24. The van der Waals surface area contributed by atoms with Crippen molar-refractivity contribution in [3.05, 3.63) is 70.8 Å². The fourth-order valence-corrected chi connectivity index (χ4v) is 5.37. The second-order valence-electron chi connectivity index (χ2n) is 6.77. The second-order valence-corrected chi connectivity index (χ2v) is 8.74. The van der Waals surface area contributed by atoms with E-state index in [4.69, 9.17) is 4.74 Å². The number of benzene rings is 2. The number of fused-ring (bicyclic) bond motifs is 2. The van der Waals surface area contributed by atoms with Gasteiger partial charge in [0.15, 0.2) is 0 Å². The number of rotatable bonds is 3. The highest BCUT2D eigenvalue weighted by atomic mass is 32.2. The lowest BCUT2D eigenvalue weighted by Crippen LogP contribution is -2.35. The molecule has 0 aromatic heterocycles. The van der Waals surface area contributed by atoms with Gasteiger partial charge in [-0.2, -0.15) is 4.31 Å². The van der Waals surface area contributed by atoms with E-state index in [2.05, 4.69) is 12.1 Å². The molecule has 0 aliphatic carbocycles. The molecule has 2 heterocycles. The van der Waals surface area contributed by atoms with Gasteiger partial charge in [-0.05, 0) is 30.0 Å². The lowest BCUT2D eigenvalue weighted by atomic mass is 9.92. The van der Waals surface area contributed by atoms with Crippen molar-refractivity contribution in [3.8, 4) is 0 Å². The Bertz CT molecular complexity index is 878. The molecule has 1 saturated heterocycles. The number of nitrogens with zero attached hydrogens (tertiary/aromatic N) is 1. The zero-order chi connectivity index (χ0) is 16.8. The Morgan fingerprint density at radius 1 is 1.17 bits per heavy atom. The van der Waals surface area contributed by atoms with Crippen LogP contribution in [0.4, 0.5) is 0 Å². The highest BCUT2D eigenvalue weighted by molar-refractivity contribution is 7.88. The zero-order valence-electron chi connectivity index (χ0n) is 13.7. The van der Waals surface area contributed by atoms with Crippen molar-refractivity contribution in [2.45, 2.75) is 31.3 Å². The summed E-state index contributed by atoms with van der Waals surface area (Å²) in [6.45, 7) is 3.48.